The maximum atomic E-state index is 13.2. The minimum Gasteiger partial charge on any atom is -0.337 e. The highest BCUT2D eigenvalue weighted by molar-refractivity contribution is 6.35. The average Bonchev–Trinajstić information content (AvgIpc) is 3.20. The van der Waals surface area contributed by atoms with Gasteiger partial charge in [-0.2, -0.15) is 0 Å². The molecule has 4 amide bonds. The Balaban J connectivity index is 1.52. The highest BCUT2D eigenvalue weighted by Crippen LogP contribution is 2.41. The first-order valence-corrected chi connectivity index (χ1v) is 10.4. The van der Waals surface area contributed by atoms with Crippen LogP contribution < -0.4 is 5.32 Å². The molecule has 156 valence electrons. The molecule has 4 rings (SSSR count). The Morgan fingerprint density at radius 3 is 2.70 bits per heavy atom. The van der Waals surface area contributed by atoms with Crippen molar-refractivity contribution in [2.75, 3.05) is 13.6 Å². The molecular formula is C22H21Cl2N3O3. The van der Waals surface area contributed by atoms with Crippen molar-refractivity contribution in [2.45, 2.75) is 31.3 Å². The van der Waals surface area contributed by atoms with Gasteiger partial charge in [0.2, 0.25) is 5.91 Å². The van der Waals surface area contributed by atoms with Gasteiger partial charge in [-0.25, -0.2) is 4.79 Å². The van der Waals surface area contributed by atoms with E-state index in [4.69, 9.17) is 23.2 Å². The summed E-state index contributed by atoms with van der Waals surface area (Å²) in [5.74, 6) is -0.739. The Hall–Kier alpha value is -2.57. The zero-order valence-corrected chi connectivity index (χ0v) is 18.1. The summed E-state index contributed by atoms with van der Waals surface area (Å²) < 4.78 is 0. The van der Waals surface area contributed by atoms with Gasteiger partial charge in [0.05, 0.1) is 6.04 Å². The number of nitrogens with zero attached hydrogens (tertiary/aromatic N) is 2. The minimum absolute atomic E-state index is 0.333. The number of hydrogen-bond donors (Lipinski definition) is 1. The second-order valence-electron chi connectivity index (χ2n) is 7.73. The van der Waals surface area contributed by atoms with Crippen LogP contribution in [0.4, 0.5) is 4.79 Å². The van der Waals surface area contributed by atoms with Gasteiger partial charge in [0.15, 0.2) is 0 Å². The van der Waals surface area contributed by atoms with Crippen molar-refractivity contribution in [1.82, 2.24) is 15.1 Å². The molecule has 1 saturated heterocycles. The van der Waals surface area contributed by atoms with E-state index in [1.54, 1.807) is 25.2 Å². The second kappa shape index (κ2) is 7.60. The van der Waals surface area contributed by atoms with Crippen molar-refractivity contribution in [2.24, 2.45) is 0 Å². The lowest BCUT2D eigenvalue weighted by Crippen LogP contribution is -2.44. The number of urea groups is 1. The van der Waals surface area contributed by atoms with Crippen LogP contribution in [0.1, 0.15) is 36.1 Å². The summed E-state index contributed by atoms with van der Waals surface area (Å²) in [4.78, 5) is 41.3. The topological polar surface area (TPSA) is 69.7 Å². The highest BCUT2D eigenvalue weighted by atomic mass is 35.5. The van der Waals surface area contributed by atoms with E-state index in [1.807, 2.05) is 31.2 Å². The fourth-order valence-corrected chi connectivity index (χ4v) is 4.81. The Kier molecular flexibility index (Phi) is 5.24. The molecule has 30 heavy (non-hydrogen) atoms. The fraction of sp³-hybridized carbons (Fsp3) is 0.318. The molecule has 1 heterocycles. The molecule has 2 aromatic rings. The molecule has 6 nitrogen and oxygen atoms in total. The first-order chi connectivity index (χ1) is 14.2. The Bertz CT molecular complexity index is 1060. The van der Waals surface area contributed by atoms with Gasteiger partial charge in [-0.3, -0.25) is 14.5 Å². The molecule has 1 fully saturated rings. The molecule has 0 bridgehead atoms. The molecule has 1 spiro atoms. The van der Waals surface area contributed by atoms with Crippen LogP contribution in [0.2, 0.25) is 10.0 Å². The van der Waals surface area contributed by atoms with Gasteiger partial charge in [0.1, 0.15) is 12.1 Å². The van der Waals surface area contributed by atoms with Crippen LogP contribution in [0.3, 0.4) is 0 Å². The van der Waals surface area contributed by atoms with Crippen molar-refractivity contribution >= 4 is 41.0 Å². The van der Waals surface area contributed by atoms with E-state index in [0.29, 0.717) is 22.9 Å². The standard InChI is InChI=1S/C22H21Cl2N3O3/c1-13(16-8-7-15(23)11-18(16)24)26(2)19(28)12-27-20(29)22(25-21(27)30)10-9-14-5-3-4-6-17(14)22/h3-8,11,13H,9-10,12H2,1-2H3,(H,25,30). The minimum atomic E-state index is -1.07. The van der Waals surface area contributed by atoms with E-state index >= 15 is 0 Å². The molecule has 0 radical (unpaired) electrons. The molecule has 2 unspecified atom stereocenters. The van der Waals surface area contributed by atoms with Crippen LogP contribution in [0.25, 0.3) is 0 Å². The zero-order valence-electron chi connectivity index (χ0n) is 16.6. The number of likely N-dealkylation sites (N-methyl/N-ethyl adjacent to an activating group) is 1. The summed E-state index contributed by atoms with van der Waals surface area (Å²) in [6.07, 6.45) is 1.20. The normalized spacial score (nSPS) is 21.0. The smallest absolute Gasteiger partial charge is 0.325 e. The fourth-order valence-electron chi connectivity index (χ4n) is 4.24. The lowest BCUT2D eigenvalue weighted by molar-refractivity contribution is -0.139. The Morgan fingerprint density at radius 1 is 1.23 bits per heavy atom. The number of hydrogen-bond acceptors (Lipinski definition) is 3. The van der Waals surface area contributed by atoms with Gasteiger partial charge in [-0.1, -0.05) is 53.5 Å². The predicted octanol–water partition coefficient (Wildman–Crippen LogP) is 3.91. The number of fused-ring (bicyclic) bond motifs is 2. The van der Waals surface area contributed by atoms with Gasteiger partial charge < -0.3 is 10.2 Å². The van der Waals surface area contributed by atoms with E-state index in [1.165, 1.54) is 4.90 Å². The highest BCUT2D eigenvalue weighted by Gasteiger charge is 2.55. The maximum absolute atomic E-state index is 13.2. The molecule has 2 atom stereocenters. The number of nitrogens with one attached hydrogen (secondary N) is 1. The number of carbonyl (C=O) groups excluding carboxylic acids is 3. The van der Waals surface area contributed by atoms with Crippen LogP contribution in [-0.4, -0.2) is 41.2 Å². The summed E-state index contributed by atoms with van der Waals surface area (Å²) in [5.41, 5.74) is 1.52. The maximum Gasteiger partial charge on any atom is 0.325 e. The Morgan fingerprint density at radius 2 is 1.97 bits per heavy atom. The first-order valence-electron chi connectivity index (χ1n) is 9.67. The molecular weight excluding hydrogens is 425 g/mol. The Labute approximate surface area is 184 Å². The number of benzene rings is 2. The van der Waals surface area contributed by atoms with Gasteiger partial charge in [0, 0.05) is 17.1 Å². The number of carbonyl (C=O) groups is 3. The van der Waals surface area contributed by atoms with E-state index in [-0.39, 0.29) is 24.4 Å². The van der Waals surface area contributed by atoms with Gasteiger partial charge >= 0.3 is 6.03 Å². The molecule has 1 aliphatic heterocycles. The molecule has 0 aromatic heterocycles. The molecule has 1 N–H and O–H groups in total. The third-order valence-electron chi connectivity index (χ3n) is 6.10. The van der Waals surface area contributed by atoms with Crippen molar-refractivity contribution in [3.05, 3.63) is 69.2 Å². The molecule has 2 aliphatic rings. The van der Waals surface area contributed by atoms with Crippen molar-refractivity contribution in [3.63, 3.8) is 0 Å². The van der Waals surface area contributed by atoms with Crippen molar-refractivity contribution in [3.8, 4) is 0 Å². The van der Waals surface area contributed by atoms with Crippen LogP contribution >= 0.6 is 23.2 Å². The van der Waals surface area contributed by atoms with Gasteiger partial charge in [-0.15, -0.1) is 0 Å². The van der Waals surface area contributed by atoms with Crippen LogP contribution in [0.5, 0.6) is 0 Å². The molecule has 8 heteroatoms. The van der Waals surface area contributed by atoms with Gasteiger partial charge in [0.25, 0.3) is 5.91 Å². The second-order valence-corrected chi connectivity index (χ2v) is 8.57. The lowest BCUT2D eigenvalue weighted by atomic mass is 9.92. The van der Waals surface area contributed by atoms with Crippen molar-refractivity contribution < 1.29 is 14.4 Å². The third kappa shape index (κ3) is 3.24. The molecule has 2 aromatic carbocycles. The number of amides is 4. The number of aryl methyl sites for hydroxylation is 1. The van der Waals surface area contributed by atoms with Crippen LogP contribution in [-0.2, 0) is 21.5 Å². The predicted molar refractivity (Wildman–Crippen MR) is 114 cm³/mol. The largest absolute Gasteiger partial charge is 0.337 e. The van der Waals surface area contributed by atoms with E-state index < -0.39 is 11.6 Å². The van der Waals surface area contributed by atoms with E-state index in [9.17, 15) is 14.4 Å². The number of halogens is 2. The summed E-state index contributed by atoms with van der Waals surface area (Å²) in [6, 6.07) is 11.8. The summed E-state index contributed by atoms with van der Waals surface area (Å²) in [6.45, 7) is 1.49. The van der Waals surface area contributed by atoms with Crippen LogP contribution in [0, 0.1) is 0 Å². The van der Waals surface area contributed by atoms with E-state index in [0.717, 1.165) is 21.6 Å². The summed E-state index contributed by atoms with van der Waals surface area (Å²) in [5, 5.41) is 3.79. The number of imide groups is 1. The SMILES string of the molecule is CC(c1ccc(Cl)cc1Cl)N(C)C(=O)CN1C(=O)NC2(CCc3ccccc32)C1=O. The summed E-state index contributed by atoms with van der Waals surface area (Å²) in [7, 11) is 1.62. The van der Waals surface area contributed by atoms with Crippen molar-refractivity contribution in [1.29, 1.82) is 0 Å². The monoisotopic (exact) mass is 445 g/mol. The molecule has 0 saturated carbocycles. The third-order valence-corrected chi connectivity index (χ3v) is 6.66. The first kappa shape index (κ1) is 20.7. The number of rotatable bonds is 4. The van der Waals surface area contributed by atoms with Crippen LogP contribution in [0.15, 0.2) is 42.5 Å². The quantitative estimate of drug-likeness (QED) is 0.725. The lowest BCUT2D eigenvalue weighted by Gasteiger charge is -2.28. The molecule has 1 aliphatic carbocycles. The van der Waals surface area contributed by atoms with Gasteiger partial charge in [-0.05, 0) is 48.6 Å². The summed E-state index contributed by atoms with van der Waals surface area (Å²) >= 11 is 12.2. The van der Waals surface area contributed by atoms with E-state index in [2.05, 4.69) is 5.32 Å². The zero-order chi connectivity index (χ0) is 21.6. The average molecular weight is 446 g/mol.